The van der Waals surface area contributed by atoms with Gasteiger partial charge in [0.2, 0.25) is 0 Å². The van der Waals surface area contributed by atoms with Gasteiger partial charge in [-0.15, -0.1) is 0 Å². The second-order valence-corrected chi connectivity index (χ2v) is 4.98. The highest BCUT2D eigenvalue weighted by atomic mass is 16.6. The molecule has 0 radical (unpaired) electrons. The van der Waals surface area contributed by atoms with E-state index in [0.29, 0.717) is 31.3 Å². The van der Waals surface area contributed by atoms with Gasteiger partial charge in [0.15, 0.2) is 0 Å². The van der Waals surface area contributed by atoms with Crippen molar-refractivity contribution in [3.8, 4) is 0 Å². The maximum atomic E-state index is 11.4. The van der Waals surface area contributed by atoms with E-state index in [4.69, 9.17) is 18.9 Å². The fourth-order valence-corrected chi connectivity index (χ4v) is 1.51. The molecule has 0 saturated carbocycles. The van der Waals surface area contributed by atoms with Crippen molar-refractivity contribution < 1.29 is 28.5 Å². The molecular weight excluding hydrogens is 276 g/mol. The molecule has 0 aromatic carbocycles. The molecule has 1 unspecified atom stereocenters. The standard InChI is InChI=1S/C15H24O6/c1-12(2)15(17)20-9-8-19-14(16)6-4-3-5-7-18-10-13-11-21-13/h13H,1,3-11H2,2H3. The molecule has 1 fully saturated rings. The van der Waals surface area contributed by atoms with E-state index in [2.05, 4.69) is 6.58 Å². The smallest absolute Gasteiger partial charge is 0.333 e. The van der Waals surface area contributed by atoms with Crippen LogP contribution in [0.2, 0.25) is 0 Å². The summed E-state index contributed by atoms with van der Waals surface area (Å²) in [4.78, 5) is 22.4. The lowest BCUT2D eigenvalue weighted by Gasteiger charge is -2.06. The minimum absolute atomic E-state index is 0.0640. The molecule has 21 heavy (non-hydrogen) atoms. The minimum atomic E-state index is -0.470. The number of hydrogen-bond donors (Lipinski definition) is 0. The summed E-state index contributed by atoms with van der Waals surface area (Å²) in [5, 5.41) is 0. The summed E-state index contributed by atoms with van der Waals surface area (Å²) in [6.07, 6.45) is 3.30. The summed E-state index contributed by atoms with van der Waals surface area (Å²) < 4.78 is 20.2. The Bertz CT molecular complexity index is 348. The van der Waals surface area contributed by atoms with E-state index in [1.54, 1.807) is 6.92 Å². The summed E-state index contributed by atoms with van der Waals surface area (Å²) in [6.45, 7) is 7.35. The highest BCUT2D eigenvalue weighted by Crippen LogP contribution is 2.09. The van der Waals surface area contributed by atoms with Gasteiger partial charge >= 0.3 is 11.9 Å². The maximum absolute atomic E-state index is 11.4. The Balaban J connectivity index is 1.82. The van der Waals surface area contributed by atoms with E-state index < -0.39 is 5.97 Å². The van der Waals surface area contributed by atoms with Crippen molar-refractivity contribution in [1.82, 2.24) is 0 Å². The van der Waals surface area contributed by atoms with E-state index in [0.717, 1.165) is 25.9 Å². The normalized spacial score (nSPS) is 16.3. The lowest BCUT2D eigenvalue weighted by Crippen LogP contribution is -2.14. The van der Waals surface area contributed by atoms with E-state index in [1.165, 1.54) is 0 Å². The molecule has 1 rings (SSSR count). The molecule has 0 amide bonds. The van der Waals surface area contributed by atoms with Crippen LogP contribution in [0, 0.1) is 0 Å². The number of epoxide rings is 1. The molecule has 1 atom stereocenters. The molecule has 1 aliphatic heterocycles. The Morgan fingerprint density at radius 2 is 1.86 bits per heavy atom. The third-order valence-electron chi connectivity index (χ3n) is 2.80. The second kappa shape index (κ2) is 10.3. The Morgan fingerprint density at radius 3 is 2.52 bits per heavy atom. The molecule has 0 spiro atoms. The summed E-state index contributed by atoms with van der Waals surface area (Å²) in [5.41, 5.74) is 0.330. The van der Waals surface area contributed by atoms with E-state index >= 15 is 0 Å². The Hall–Kier alpha value is -1.40. The summed E-state index contributed by atoms with van der Waals surface area (Å²) in [5.74, 6) is -0.740. The van der Waals surface area contributed by atoms with Gasteiger partial charge < -0.3 is 18.9 Å². The Morgan fingerprint density at radius 1 is 1.14 bits per heavy atom. The zero-order valence-electron chi connectivity index (χ0n) is 12.6. The van der Waals surface area contributed by atoms with Crippen LogP contribution in [-0.2, 0) is 28.5 Å². The van der Waals surface area contributed by atoms with Gasteiger partial charge in [0.25, 0.3) is 0 Å². The molecule has 0 aliphatic carbocycles. The van der Waals surface area contributed by atoms with Crippen LogP contribution < -0.4 is 0 Å². The number of carbonyl (C=O) groups excluding carboxylic acids is 2. The van der Waals surface area contributed by atoms with Gasteiger partial charge in [-0.1, -0.05) is 13.0 Å². The first-order valence-electron chi connectivity index (χ1n) is 7.27. The largest absolute Gasteiger partial charge is 0.462 e. The van der Waals surface area contributed by atoms with Gasteiger partial charge in [0, 0.05) is 18.6 Å². The Labute approximate surface area is 125 Å². The molecule has 6 heteroatoms. The number of rotatable bonds is 12. The SMILES string of the molecule is C=C(C)C(=O)OCCOC(=O)CCCCCOCC1CO1. The van der Waals surface area contributed by atoms with Crippen LogP contribution in [0.4, 0.5) is 0 Å². The van der Waals surface area contributed by atoms with Crippen molar-refractivity contribution in [3.63, 3.8) is 0 Å². The predicted octanol–water partition coefficient (Wildman–Crippen LogP) is 1.62. The Kier molecular flexibility index (Phi) is 8.69. The molecule has 0 aromatic rings. The van der Waals surface area contributed by atoms with Gasteiger partial charge in [0.05, 0.1) is 13.2 Å². The third-order valence-corrected chi connectivity index (χ3v) is 2.80. The number of ether oxygens (including phenoxy) is 4. The monoisotopic (exact) mass is 300 g/mol. The van der Waals surface area contributed by atoms with E-state index in [1.807, 2.05) is 0 Å². The summed E-state index contributed by atoms with van der Waals surface area (Å²) >= 11 is 0. The number of esters is 2. The van der Waals surface area contributed by atoms with Crippen LogP contribution in [0.15, 0.2) is 12.2 Å². The third kappa shape index (κ3) is 10.0. The van der Waals surface area contributed by atoms with Crippen LogP contribution in [0.1, 0.15) is 32.6 Å². The van der Waals surface area contributed by atoms with Crippen LogP contribution in [0.25, 0.3) is 0 Å². The quantitative estimate of drug-likeness (QED) is 0.236. The number of hydrogen-bond acceptors (Lipinski definition) is 6. The van der Waals surface area contributed by atoms with E-state index in [-0.39, 0.29) is 19.2 Å². The first-order chi connectivity index (χ1) is 10.1. The lowest BCUT2D eigenvalue weighted by atomic mass is 10.2. The lowest BCUT2D eigenvalue weighted by molar-refractivity contribution is -0.150. The highest BCUT2D eigenvalue weighted by Gasteiger charge is 2.21. The van der Waals surface area contributed by atoms with Crippen molar-refractivity contribution >= 4 is 11.9 Å². The van der Waals surface area contributed by atoms with E-state index in [9.17, 15) is 9.59 Å². The molecule has 1 aliphatic rings. The van der Waals surface area contributed by atoms with Crippen LogP contribution >= 0.6 is 0 Å². The molecule has 6 nitrogen and oxygen atoms in total. The van der Waals surface area contributed by atoms with Crippen LogP contribution in [0.5, 0.6) is 0 Å². The molecular formula is C15H24O6. The zero-order chi connectivity index (χ0) is 15.5. The van der Waals surface area contributed by atoms with Crippen molar-refractivity contribution in [1.29, 1.82) is 0 Å². The maximum Gasteiger partial charge on any atom is 0.333 e. The fourth-order valence-electron chi connectivity index (χ4n) is 1.51. The predicted molar refractivity (Wildman–Crippen MR) is 75.8 cm³/mol. The molecule has 0 aromatic heterocycles. The summed E-state index contributed by atoms with van der Waals surface area (Å²) in [6, 6.07) is 0. The number of unbranched alkanes of at least 4 members (excludes halogenated alkanes) is 2. The van der Waals surface area contributed by atoms with Crippen molar-refractivity contribution in [2.75, 3.05) is 33.0 Å². The minimum Gasteiger partial charge on any atom is -0.462 e. The fraction of sp³-hybridized carbons (Fsp3) is 0.733. The number of carbonyl (C=O) groups is 2. The first kappa shape index (κ1) is 17.7. The van der Waals surface area contributed by atoms with Crippen molar-refractivity contribution in [3.05, 3.63) is 12.2 Å². The topological polar surface area (TPSA) is 74.4 Å². The first-order valence-corrected chi connectivity index (χ1v) is 7.27. The van der Waals surface area contributed by atoms with Crippen LogP contribution in [0.3, 0.4) is 0 Å². The van der Waals surface area contributed by atoms with Gasteiger partial charge in [-0.25, -0.2) is 4.79 Å². The van der Waals surface area contributed by atoms with Crippen LogP contribution in [-0.4, -0.2) is 51.1 Å². The molecule has 1 heterocycles. The summed E-state index contributed by atoms with van der Waals surface area (Å²) in [7, 11) is 0. The molecule has 1 saturated heterocycles. The van der Waals surface area contributed by atoms with Crippen molar-refractivity contribution in [2.24, 2.45) is 0 Å². The average molecular weight is 300 g/mol. The second-order valence-electron chi connectivity index (χ2n) is 4.98. The zero-order valence-corrected chi connectivity index (χ0v) is 12.6. The molecule has 120 valence electrons. The molecule has 0 N–H and O–H groups in total. The van der Waals surface area contributed by atoms with Gasteiger partial charge in [-0.3, -0.25) is 4.79 Å². The van der Waals surface area contributed by atoms with Gasteiger partial charge in [-0.2, -0.15) is 0 Å². The van der Waals surface area contributed by atoms with Gasteiger partial charge in [-0.05, 0) is 19.8 Å². The average Bonchev–Trinajstić information content (AvgIpc) is 3.26. The molecule has 0 bridgehead atoms. The van der Waals surface area contributed by atoms with Gasteiger partial charge in [0.1, 0.15) is 19.3 Å². The van der Waals surface area contributed by atoms with Crippen molar-refractivity contribution in [2.45, 2.75) is 38.7 Å². The highest BCUT2D eigenvalue weighted by molar-refractivity contribution is 5.86.